The third-order valence-corrected chi connectivity index (χ3v) is 5.37. The Bertz CT molecular complexity index is 362. The molecule has 2 heterocycles. The summed E-state index contributed by atoms with van der Waals surface area (Å²) in [6, 6.07) is 0. The molecule has 0 aliphatic carbocycles. The summed E-state index contributed by atoms with van der Waals surface area (Å²) in [5.74, 6) is 1.87. The van der Waals surface area contributed by atoms with Gasteiger partial charge in [0, 0.05) is 10.8 Å². The van der Waals surface area contributed by atoms with Gasteiger partial charge in [0.25, 0.3) is 0 Å². The van der Waals surface area contributed by atoms with Crippen molar-refractivity contribution >= 4 is 11.3 Å². The Kier molecular flexibility index (Phi) is 4.44. The molecule has 0 aromatic carbocycles. The van der Waals surface area contributed by atoms with Crippen molar-refractivity contribution in [3.05, 3.63) is 15.6 Å². The maximum atomic E-state index is 4.98. The Hall–Kier alpha value is -0.410. The molecule has 0 atom stereocenters. The minimum absolute atomic E-state index is 0.554. The highest BCUT2D eigenvalue weighted by Crippen LogP contribution is 2.37. The summed E-state index contributed by atoms with van der Waals surface area (Å²) in [5.41, 5.74) is 1.35. The number of rotatable bonds is 3. The fraction of sp³-hybridized carbons (Fsp3) is 0.800. The molecule has 0 bridgehead atoms. The van der Waals surface area contributed by atoms with E-state index in [1.807, 2.05) is 11.3 Å². The summed E-state index contributed by atoms with van der Waals surface area (Å²) in [7, 11) is 2.22. The molecule has 1 fully saturated rings. The Balaban J connectivity index is 2.21. The molecule has 102 valence electrons. The molecular formula is C15H26N2S. The third kappa shape index (κ3) is 2.94. The van der Waals surface area contributed by atoms with E-state index in [-0.39, 0.29) is 0 Å². The molecular weight excluding hydrogens is 240 g/mol. The van der Waals surface area contributed by atoms with Crippen molar-refractivity contribution in [3.63, 3.8) is 0 Å². The first kappa shape index (κ1) is 14.0. The maximum Gasteiger partial charge on any atom is 0.0963 e. The van der Waals surface area contributed by atoms with Crippen molar-refractivity contribution in [3.8, 4) is 0 Å². The standard InChI is InChI=1S/C15H26N2S/c1-10(2)13-14(11(3)4)18-15(16-13)12-6-8-17(5)9-7-12/h10-12H,6-9H2,1-5H3. The van der Waals surface area contributed by atoms with Gasteiger partial charge in [0.2, 0.25) is 0 Å². The molecule has 0 N–H and O–H groups in total. The van der Waals surface area contributed by atoms with E-state index in [0.29, 0.717) is 17.8 Å². The van der Waals surface area contributed by atoms with Crippen molar-refractivity contribution in [1.29, 1.82) is 0 Å². The minimum atomic E-state index is 0.554. The smallest absolute Gasteiger partial charge is 0.0963 e. The maximum absolute atomic E-state index is 4.98. The quantitative estimate of drug-likeness (QED) is 0.815. The normalized spacial score (nSPS) is 19.1. The Morgan fingerprint density at radius 2 is 1.72 bits per heavy atom. The SMILES string of the molecule is CC(C)c1nc(C2CCN(C)CC2)sc1C(C)C. The van der Waals surface area contributed by atoms with Crippen LogP contribution in [0.25, 0.3) is 0 Å². The average Bonchev–Trinajstić information content (AvgIpc) is 2.75. The molecule has 1 aromatic rings. The van der Waals surface area contributed by atoms with Crippen molar-refractivity contribution < 1.29 is 0 Å². The number of nitrogens with zero attached hydrogens (tertiary/aromatic N) is 2. The Morgan fingerprint density at radius 3 is 2.17 bits per heavy atom. The van der Waals surface area contributed by atoms with E-state index in [1.165, 1.54) is 41.5 Å². The molecule has 1 aromatic heterocycles. The van der Waals surface area contributed by atoms with E-state index in [4.69, 9.17) is 4.98 Å². The van der Waals surface area contributed by atoms with E-state index in [0.717, 1.165) is 0 Å². The first-order chi connectivity index (χ1) is 8.49. The molecule has 0 spiro atoms. The van der Waals surface area contributed by atoms with Crippen molar-refractivity contribution in [2.24, 2.45) is 0 Å². The van der Waals surface area contributed by atoms with Crippen LogP contribution in [0.2, 0.25) is 0 Å². The highest BCUT2D eigenvalue weighted by atomic mass is 32.1. The second kappa shape index (κ2) is 5.70. The fourth-order valence-electron chi connectivity index (χ4n) is 2.62. The van der Waals surface area contributed by atoms with E-state index in [2.05, 4.69) is 39.6 Å². The van der Waals surface area contributed by atoms with Crippen molar-refractivity contribution in [1.82, 2.24) is 9.88 Å². The van der Waals surface area contributed by atoms with Crippen LogP contribution in [-0.2, 0) is 0 Å². The van der Waals surface area contributed by atoms with Crippen LogP contribution < -0.4 is 0 Å². The monoisotopic (exact) mass is 266 g/mol. The van der Waals surface area contributed by atoms with Gasteiger partial charge in [-0.05, 0) is 44.8 Å². The van der Waals surface area contributed by atoms with Gasteiger partial charge in [-0.25, -0.2) is 4.98 Å². The highest BCUT2D eigenvalue weighted by Gasteiger charge is 2.24. The van der Waals surface area contributed by atoms with E-state index >= 15 is 0 Å². The number of aromatic nitrogens is 1. The van der Waals surface area contributed by atoms with Gasteiger partial charge in [-0.3, -0.25) is 0 Å². The second-order valence-corrected chi connectivity index (χ2v) is 7.25. The average molecular weight is 266 g/mol. The number of hydrogen-bond donors (Lipinski definition) is 0. The van der Waals surface area contributed by atoms with Crippen molar-refractivity contribution in [2.75, 3.05) is 20.1 Å². The fourth-order valence-corrected chi connectivity index (χ4v) is 4.01. The number of likely N-dealkylation sites (tertiary alicyclic amines) is 1. The number of hydrogen-bond acceptors (Lipinski definition) is 3. The first-order valence-corrected chi connectivity index (χ1v) is 7.99. The lowest BCUT2D eigenvalue weighted by Gasteiger charge is -2.27. The molecule has 0 radical (unpaired) electrons. The van der Waals surface area contributed by atoms with Crippen LogP contribution in [-0.4, -0.2) is 30.0 Å². The zero-order valence-corrected chi connectivity index (χ0v) is 13.2. The zero-order chi connectivity index (χ0) is 13.3. The topological polar surface area (TPSA) is 16.1 Å². The first-order valence-electron chi connectivity index (χ1n) is 7.18. The highest BCUT2D eigenvalue weighted by molar-refractivity contribution is 7.12. The summed E-state index contributed by atoms with van der Waals surface area (Å²) >= 11 is 1.97. The van der Waals surface area contributed by atoms with Gasteiger partial charge in [0.05, 0.1) is 10.7 Å². The van der Waals surface area contributed by atoms with E-state index in [9.17, 15) is 0 Å². The van der Waals surface area contributed by atoms with Crippen LogP contribution in [0.3, 0.4) is 0 Å². The van der Waals surface area contributed by atoms with Gasteiger partial charge in [-0.15, -0.1) is 11.3 Å². The molecule has 0 amide bonds. The molecule has 2 rings (SSSR count). The molecule has 1 aliphatic heterocycles. The van der Waals surface area contributed by atoms with Crippen molar-refractivity contribution in [2.45, 2.75) is 58.3 Å². The van der Waals surface area contributed by atoms with Gasteiger partial charge < -0.3 is 4.90 Å². The summed E-state index contributed by atoms with van der Waals surface area (Å²) in [6.07, 6.45) is 2.55. The van der Waals surface area contributed by atoms with Gasteiger partial charge in [0.1, 0.15) is 0 Å². The Morgan fingerprint density at radius 1 is 1.11 bits per heavy atom. The van der Waals surface area contributed by atoms with E-state index in [1.54, 1.807) is 0 Å². The van der Waals surface area contributed by atoms with Crippen LogP contribution >= 0.6 is 11.3 Å². The molecule has 0 unspecified atom stereocenters. The molecule has 3 heteroatoms. The van der Waals surface area contributed by atoms with Crippen LogP contribution in [0.15, 0.2) is 0 Å². The number of thiazole rings is 1. The Labute approximate surface area is 115 Å². The largest absolute Gasteiger partial charge is 0.306 e. The lowest BCUT2D eigenvalue weighted by atomic mass is 9.98. The minimum Gasteiger partial charge on any atom is -0.306 e. The van der Waals surface area contributed by atoms with Gasteiger partial charge in [0.15, 0.2) is 0 Å². The molecule has 0 saturated carbocycles. The van der Waals surface area contributed by atoms with Gasteiger partial charge in [-0.2, -0.15) is 0 Å². The lowest BCUT2D eigenvalue weighted by Crippen LogP contribution is -2.29. The predicted molar refractivity (Wildman–Crippen MR) is 79.8 cm³/mol. The predicted octanol–water partition coefficient (Wildman–Crippen LogP) is 4.20. The summed E-state index contributed by atoms with van der Waals surface area (Å²) in [4.78, 5) is 8.92. The van der Waals surface area contributed by atoms with Crippen LogP contribution in [0.4, 0.5) is 0 Å². The molecule has 18 heavy (non-hydrogen) atoms. The van der Waals surface area contributed by atoms with Crippen LogP contribution in [0.1, 0.15) is 73.9 Å². The summed E-state index contributed by atoms with van der Waals surface area (Å²) in [5, 5.41) is 1.40. The van der Waals surface area contributed by atoms with Crippen LogP contribution in [0, 0.1) is 0 Å². The van der Waals surface area contributed by atoms with Gasteiger partial charge >= 0.3 is 0 Å². The number of piperidine rings is 1. The second-order valence-electron chi connectivity index (χ2n) is 6.19. The van der Waals surface area contributed by atoms with Gasteiger partial charge in [-0.1, -0.05) is 27.7 Å². The summed E-state index contributed by atoms with van der Waals surface area (Å²) in [6.45, 7) is 11.5. The third-order valence-electron chi connectivity index (χ3n) is 3.84. The zero-order valence-electron chi connectivity index (χ0n) is 12.4. The summed E-state index contributed by atoms with van der Waals surface area (Å²) < 4.78 is 0. The van der Waals surface area contributed by atoms with E-state index < -0.39 is 0 Å². The molecule has 1 saturated heterocycles. The molecule has 1 aliphatic rings. The molecule has 2 nitrogen and oxygen atoms in total. The lowest BCUT2D eigenvalue weighted by molar-refractivity contribution is 0.255. The van der Waals surface area contributed by atoms with Crippen LogP contribution in [0.5, 0.6) is 0 Å².